The SMILES string of the molecule is CC(C)(C)[S@@](=O)/N=C/C1CCC(F)(F)CC1. The van der Waals surface area contributed by atoms with Crippen LogP contribution in [0.4, 0.5) is 8.78 Å². The molecule has 16 heavy (non-hydrogen) atoms. The number of halogens is 2. The van der Waals surface area contributed by atoms with Gasteiger partial charge in [-0.25, -0.2) is 13.0 Å². The second-order valence-electron chi connectivity index (χ2n) is 5.31. The molecule has 1 atom stereocenters. The van der Waals surface area contributed by atoms with E-state index in [2.05, 4.69) is 4.40 Å². The Hall–Kier alpha value is -0.320. The first kappa shape index (κ1) is 13.7. The smallest absolute Gasteiger partial charge is 0.234 e. The molecule has 94 valence electrons. The lowest BCUT2D eigenvalue weighted by molar-refractivity contribution is -0.0390. The van der Waals surface area contributed by atoms with Gasteiger partial charge in [-0.05, 0) is 39.5 Å². The third-order valence-electron chi connectivity index (χ3n) is 2.65. The fourth-order valence-corrected chi connectivity index (χ4v) is 2.11. The first-order valence-corrected chi connectivity index (χ1v) is 6.65. The van der Waals surface area contributed by atoms with Gasteiger partial charge in [-0.2, -0.15) is 4.40 Å². The van der Waals surface area contributed by atoms with Crippen LogP contribution < -0.4 is 0 Å². The molecule has 1 saturated carbocycles. The average molecular weight is 251 g/mol. The molecule has 2 nitrogen and oxygen atoms in total. The second kappa shape index (κ2) is 4.90. The maximum atomic E-state index is 12.9. The Morgan fingerprint density at radius 2 is 1.81 bits per heavy atom. The Kier molecular flexibility index (Phi) is 4.21. The van der Waals surface area contributed by atoms with Crippen LogP contribution in [0.15, 0.2) is 4.40 Å². The van der Waals surface area contributed by atoms with Crippen molar-refractivity contribution in [1.82, 2.24) is 0 Å². The molecule has 0 heterocycles. The van der Waals surface area contributed by atoms with Gasteiger partial charge in [-0.1, -0.05) is 0 Å². The van der Waals surface area contributed by atoms with Gasteiger partial charge >= 0.3 is 0 Å². The third kappa shape index (κ3) is 4.28. The van der Waals surface area contributed by atoms with Gasteiger partial charge in [0.05, 0.1) is 4.75 Å². The van der Waals surface area contributed by atoms with Crippen LogP contribution in [0, 0.1) is 5.92 Å². The number of hydrogen-bond acceptors (Lipinski definition) is 1. The van der Waals surface area contributed by atoms with Crippen molar-refractivity contribution in [2.45, 2.75) is 57.1 Å². The summed E-state index contributed by atoms with van der Waals surface area (Å²) in [6.07, 6.45) is 2.34. The number of rotatable bonds is 2. The lowest BCUT2D eigenvalue weighted by Crippen LogP contribution is -2.26. The molecular weight excluding hydrogens is 232 g/mol. The molecule has 1 fully saturated rings. The van der Waals surface area contributed by atoms with Crippen LogP contribution in [-0.4, -0.2) is 21.1 Å². The Bertz CT molecular complexity index is 287. The summed E-state index contributed by atoms with van der Waals surface area (Å²) in [4.78, 5) is 0. The molecule has 1 aliphatic carbocycles. The zero-order valence-corrected chi connectivity index (χ0v) is 10.8. The monoisotopic (exact) mass is 251 g/mol. The molecule has 1 aliphatic rings. The number of hydrogen-bond donors (Lipinski definition) is 0. The molecule has 0 aromatic rings. The zero-order chi connectivity index (χ0) is 12.4. The predicted molar refractivity (Wildman–Crippen MR) is 63.3 cm³/mol. The van der Waals surface area contributed by atoms with E-state index in [0.717, 1.165) is 0 Å². The summed E-state index contributed by atoms with van der Waals surface area (Å²) >= 11 is 0. The quantitative estimate of drug-likeness (QED) is 0.692. The summed E-state index contributed by atoms with van der Waals surface area (Å²) in [5.41, 5.74) is 0. The first-order valence-electron chi connectivity index (χ1n) is 5.55. The van der Waals surface area contributed by atoms with Crippen molar-refractivity contribution in [2.75, 3.05) is 0 Å². The van der Waals surface area contributed by atoms with E-state index in [1.54, 1.807) is 6.21 Å². The summed E-state index contributed by atoms with van der Waals surface area (Å²) in [7, 11) is -1.28. The van der Waals surface area contributed by atoms with E-state index in [9.17, 15) is 13.0 Å². The standard InChI is InChI=1S/C11H19F2NOS/c1-10(2,3)16(15)14-8-9-4-6-11(12,13)7-5-9/h8-9H,4-7H2,1-3H3/b14-8+/t16-/m1/s1. The van der Waals surface area contributed by atoms with Crippen molar-refractivity contribution in [3.63, 3.8) is 0 Å². The highest BCUT2D eigenvalue weighted by Gasteiger charge is 2.34. The first-order chi connectivity index (χ1) is 7.21. The van der Waals surface area contributed by atoms with E-state index in [4.69, 9.17) is 0 Å². The number of nitrogens with zero attached hydrogens (tertiary/aromatic N) is 1. The van der Waals surface area contributed by atoms with Gasteiger partial charge in [-0.3, -0.25) is 0 Å². The fourth-order valence-electron chi connectivity index (χ4n) is 1.51. The zero-order valence-electron chi connectivity index (χ0n) is 10.0. The molecule has 0 radical (unpaired) electrons. The topological polar surface area (TPSA) is 29.4 Å². The minimum absolute atomic E-state index is 0.0610. The Morgan fingerprint density at radius 3 is 2.25 bits per heavy atom. The minimum Gasteiger partial charge on any atom is -0.234 e. The van der Waals surface area contributed by atoms with Crippen LogP contribution in [0.3, 0.4) is 0 Å². The van der Waals surface area contributed by atoms with Gasteiger partial charge in [0, 0.05) is 19.1 Å². The van der Waals surface area contributed by atoms with Crippen LogP contribution in [-0.2, 0) is 11.0 Å². The van der Waals surface area contributed by atoms with Crippen molar-refractivity contribution in [1.29, 1.82) is 0 Å². The largest absolute Gasteiger partial charge is 0.248 e. The molecule has 0 N–H and O–H groups in total. The molecule has 0 unspecified atom stereocenters. The van der Waals surface area contributed by atoms with Crippen molar-refractivity contribution >= 4 is 17.2 Å². The molecule has 0 spiro atoms. The Labute approximate surface area is 98.1 Å². The molecule has 0 saturated heterocycles. The lowest BCUT2D eigenvalue weighted by atomic mass is 9.88. The van der Waals surface area contributed by atoms with Crippen LogP contribution in [0.5, 0.6) is 0 Å². The fraction of sp³-hybridized carbons (Fsp3) is 0.909. The van der Waals surface area contributed by atoms with Crippen LogP contribution in [0.1, 0.15) is 46.5 Å². The minimum atomic E-state index is -2.51. The molecule has 0 aromatic heterocycles. The van der Waals surface area contributed by atoms with Gasteiger partial charge < -0.3 is 0 Å². The lowest BCUT2D eigenvalue weighted by Gasteiger charge is -2.25. The summed E-state index contributed by atoms with van der Waals surface area (Å²) in [6, 6.07) is 0. The Morgan fingerprint density at radius 1 is 1.31 bits per heavy atom. The maximum Gasteiger partial charge on any atom is 0.248 e. The highest BCUT2D eigenvalue weighted by molar-refractivity contribution is 7.85. The summed E-state index contributed by atoms with van der Waals surface area (Å²) < 4.78 is 40.9. The highest BCUT2D eigenvalue weighted by atomic mass is 32.2. The van der Waals surface area contributed by atoms with Crippen molar-refractivity contribution in [3.05, 3.63) is 0 Å². The van der Waals surface area contributed by atoms with Crippen LogP contribution >= 0.6 is 0 Å². The second-order valence-corrected chi connectivity index (χ2v) is 7.24. The van der Waals surface area contributed by atoms with E-state index in [1.807, 2.05) is 20.8 Å². The van der Waals surface area contributed by atoms with E-state index in [-0.39, 0.29) is 23.5 Å². The van der Waals surface area contributed by atoms with Gasteiger partial charge in [0.1, 0.15) is 11.0 Å². The molecule has 1 rings (SSSR count). The third-order valence-corrected chi connectivity index (χ3v) is 4.01. The number of alkyl halides is 2. The Balaban J connectivity index is 2.45. The van der Waals surface area contributed by atoms with Gasteiger partial charge in [0.15, 0.2) is 0 Å². The van der Waals surface area contributed by atoms with E-state index < -0.39 is 16.9 Å². The molecular formula is C11H19F2NOS. The molecule has 0 aliphatic heterocycles. The highest BCUT2D eigenvalue weighted by Crippen LogP contribution is 2.35. The van der Waals surface area contributed by atoms with Crippen LogP contribution in [0.25, 0.3) is 0 Å². The summed E-state index contributed by atoms with van der Waals surface area (Å²) in [5.74, 6) is -2.45. The van der Waals surface area contributed by atoms with Gasteiger partial charge in [0.2, 0.25) is 5.92 Å². The van der Waals surface area contributed by atoms with Gasteiger partial charge in [0.25, 0.3) is 0 Å². The molecule has 5 heteroatoms. The van der Waals surface area contributed by atoms with Crippen molar-refractivity contribution in [2.24, 2.45) is 10.3 Å². The average Bonchev–Trinajstić information content (AvgIpc) is 2.14. The normalized spacial score (nSPS) is 24.8. The van der Waals surface area contributed by atoms with Crippen molar-refractivity contribution in [3.8, 4) is 0 Å². The molecule has 0 bridgehead atoms. The molecule has 0 amide bonds. The van der Waals surface area contributed by atoms with Crippen LogP contribution in [0.2, 0.25) is 0 Å². The summed E-state index contributed by atoms with van der Waals surface area (Å²) in [5, 5.41) is 0. The van der Waals surface area contributed by atoms with E-state index in [1.165, 1.54) is 0 Å². The molecule has 0 aromatic carbocycles. The predicted octanol–water partition coefficient (Wildman–Crippen LogP) is 3.34. The maximum absolute atomic E-state index is 12.9. The van der Waals surface area contributed by atoms with Gasteiger partial charge in [-0.15, -0.1) is 0 Å². The van der Waals surface area contributed by atoms with E-state index in [0.29, 0.717) is 12.8 Å². The van der Waals surface area contributed by atoms with E-state index >= 15 is 0 Å². The summed E-state index contributed by atoms with van der Waals surface area (Å²) in [6.45, 7) is 5.53. The van der Waals surface area contributed by atoms with Crippen molar-refractivity contribution < 1.29 is 13.0 Å².